The van der Waals surface area contributed by atoms with E-state index in [9.17, 15) is 9.59 Å². The highest BCUT2D eigenvalue weighted by molar-refractivity contribution is 5.79. The summed E-state index contributed by atoms with van der Waals surface area (Å²) < 4.78 is 0. The van der Waals surface area contributed by atoms with Gasteiger partial charge in [-0.15, -0.1) is 0 Å². The van der Waals surface area contributed by atoms with Gasteiger partial charge in [-0.05, 0) is 52.4 Å². The molecule has 7 heteroatoms. The van der Waals surface area contributed by atoms with Crippen molar-refractivity contribution in [3.05, 3.63) is 0 Å². The van der Waals surface area contributed by atoms with Crippen LogP contribution in [0.15, 0.2) is 0 Å². The maximum atomic E-state index is 13.0. The summed E-state index contributed by atoms with van der Waals surface area (Å²) in [6.45, 7) is 14.1. The van der Waals surface area contributed by atoms with Gasteiger partial charge in [0.05, 0.1) is 12.5 Å². The largest absolute Gasteiger partial charge is 0.341 e. The highest BCUT2D eigenvalue weighted by Crippen LogP contribution is 2.25. The lowest BCUT2D eigenvalue weighted by molar-refractivity contribution is -0.139. The summed E-state index contributed by atoms with van der Waals surface area (Å²) in [5, 5.41) is 0. The van der Waals surface area contributed by atoms with E-state index in [1.807, 2.05) is 4.90 Å². The van der Waals surface area contributed by atoms with Crippen molar-refractivity contribution in [2.45, 2.75) is 45.6 Å². The second kappa shape index (κ2) is 10.7. The van der Waals surface area contributed by atoms with Crippen molar-refractivity contribution < 1.29 is 9.59 Å². The maximum absolute atomic E-state index is 13.0. The molecule has 166 valence electrons. The first-order chi connectivity index (χ1) is 14.0. The van der Waals surface area contributed by atoms with Crippen LogP contribution in [-0.4, -0.2) is 121 Å². The number of carbonyl (C=O) groups is 2. The molecule has 0 saturated carbocycles. The van der Waals surface area contributed by atoms with E-state index < -0.39 is 0 Å². The molecule has 0 aliphatic carbocycles. The van der Waals surface area contributed by atoms with Crippen molar-refractivity contribution in [3.63, 3.8) is 0 Å². The van der Waals surface area contributed by atoms with Gasteiger partial charge in [-0.25, -0.2) is 0 Å². The van der Waals surface area contributed by atoms with Gasteiger partial charge in [0.2, 0.25) is 11.8 Å². The van der Waals surface area contributed by atoms with Gasteiger partial charge in [0.15, 0.2) is 0 Å². The Kier molecular flexibility index (Phi) is 8.33. The molecular weight excluding hydrogens is 366 g/mol. The highest BCUT2D eigenvalue weighted by Gasteiger charge is 2.34. The Morgan fingerprint density at radius 1 is 0.862 bits per heavy atom. The van der Waals surface area contributed by atoms with Crippen LogP contribution in [0.4, 0.5) is 0 Å². The van der Waals surface area contributed by atoms with Gasteiger partial charge in [-0.3, -0.25) is 19.4 Å². The topological polar surface area (TPSA) is 50.3 Å². The molecule has 7 nitrogen and oxygen atoms in total. The van der Waals surface area contributed by atoms with E-state index in [1.165, 1.54) is 0 Å². The Balaban J connectivity index is 1.45. The molecule has 0 aromatic carbocycles. The number of likely N-dealkylation sites (tertiary alicyclic amines) is 2. The molecule has 0 aromatic heterocycles. The molecule has 0 N–H and O–H groups in total. The third-order valence-electron chi connectivity index (χ3n) is 7.20. The van der Waals surface area contributed by atoms with Crippen molar-refractivity contribution in [1.82, 2.24) is 24.5 Å². The standard InChI is InChI=1S/C22H41N5O2/c1-4-24(5-2)18-21(28)25-11-8-20(9-12-25)27-10-6-7-19(17-27)22(29)26-15-13-23(3)14-16-26/h19-20H,4-18H2,1-3H3/t19-/m0/s1. The quantitative estimate of drug-likeness (QED) is 0.652. The molecule has 2 amide bonds. The molecule has 0 spiro atoms. The van der Waals surface area contributed by atoms with Crippen molar-refractivity contribution in [3.8, 4) is 0 Å². The Hall–Kier alpha value is -1.18. The van der Waals surface area contributed by atoms with Crippen molar-refractivity contribution >= 4 is 11.8 Å². The van der Waals surface area contributed by atoms with Gasteiger partial charge < -0.3 is 14.7 Å². The van der Waals surface area contributed by atoms with E-state index >= 15 is 0 Å². The molecule has 3 heterocycles. The summed E-state index contributed by atoms with van der Waals surface area (Å²) in [5.74, 6) is 0.804. The van der Waals surface area contributed by atoms with Crippen LogP contribution < -0.4 is 0 Å². The normalized spacial score (nSPS) is 25.6. The molecule has 3 fully saturated rings. The predicted molar refractivity (Wildman–Crippen MR) is 116 cm³/mol. The molecule has 3 aliphatic rings. The SMILES string of the molecule is CCN(CC)CC(=O)N1CCC(N2CCC[C@H](C(=O)N3CCN(C)CC3)C2)CC1. The maximum Gasteiger partial charge on any atom is 0.236 e. The number of nitrogens with zero attached hydrogens (tertiary/aromatic N) is 5. The number of hydrogen-bond donors (Lipinski definition) is 0. The van der Waals surface area contributed by atoms with Gasteiger partial charge in [-0.2, -0.15) is 0 Å². The van der Waals surface area contributed by atoms with E-state index in [1.54, 1.807) is 0 Å². The average Bonchev–Trinajstić information content (AvgIpc) is 2.77. The molecule has 3 rings (SSSR count). The predicted octanol–water partition coefficient (Wildman–Crippen LogP) is 0.805. The minimum absolute atomic E-state index is 0.162. The smallest absolute Gasteiger partial charge is 0.236 e. The number of hydrogen-bond acceptors (Lipinski definition) is 5. The summed E-state index contributed by atoms with van der Waals surface area (Å²) in [6.07, 6.45) is 4.23. The van der Waals surface area contributed by atoms with Gasteiger partial charge in [-0.1, -0.05) is 13.8 Å². The fourth-order valence-corrected chi connectivity index (χ4v) is 5.04. The van der Waals surface area contributed by atoms with Crippen molar-refractivity contribution in [1.29, 1.82) is 0 Å². The zero-order chi connectivity index (χ0) is 20.8. The monoisotopic (exact) mass is 407 g/mol. The summed E-state index contributed by atoms with van der Waals surface area (Å²) in [4.78, 5) is 36.7. The molecule has 0 radical (unpaired) electrons. The van der Waals surface area contributed by atoms with Gasteiger partial charge in [0.1, 0.15) is 0 Å². The van der Waals surface area contributed by atoms with Crippen LogP contribution in [0.5, 0.6) is 0 Å². The summed E-state index contributed by atoms with van der Waals surface area (Å²) >= 11 is 0. The number of amides is 2. The molecule has 0 aromatic rings. The first kappa shape index (κ1) is 22.5. The van der Waals surface area contributed by atoms with Gasteiger partial charge >= 0.3 is 0 Å². The molecule has 3 aliphatic heterocycles. The zero-order valence-electron chi connectivity index (χ0n) is 18.8. The fraction of sp³-hybridized carbons (Fsp3) is 0.909. The van der Waals surface area contributed by atoms with E-state index in [-0.39, 0.29) is 11.8 Å². The Labute approximate surface area is 177 Å². The number of carbonyl (C=O) groups excluding carboxylic acids is 2. The van der Waals surface area contributed by atoms with Crippen LogP contribution in [0.3, 0.4) is 0 Å². The van der Waals surface area contributed by atoms with Crippen molar-refractivity contribution in [2.75, 3.05) is 79.0 Å². The lowest BCUT2D eigenvalue weighted by atomic mass is 9.92. The third kappa shape index (κ3) is 5.92. The number of piperazine rings is 1. The molecule has 3 saturated heterocycles. The van der Waals surface area contributed by atoms with Gasteiger partial charge in [0.25, 0.3) is 0 Å². The summed E-state index contributed by atoms with van der Waals surface area (Å²) in [6, 6.07) is 0.524. The third-order valence-corrected chi connectivity index (χ3v) is 7.20. The van der Waals surface area contributed by atoms with Crippen LogP contribution in [0.2, 0.25) is 0 Å². The summed E-state index contributed by atoms with van der Waals surface area (Å²) in [7, 11) is 2.13. The lowest BCUT2D eigenvalue weighted by Gasteiger charge is -2.43. The Bertz CT molecular complexity index is 537. The second-order valence-corrected chi connectivity index (χ2v) is 9.04. The summed E-state index contributed by atoms with van der Waals surface area (Å²) in [5.41, 5.74) is 0. The number of piperidine rings is 2. The molecule has 0 unspecified atom stereocenters. The first-order valence-electron chi connectivity index (χ1n) is 11.7. The average molecular weight is 408 g/mol. The van der Waals surface area contributed by atoms with Crippen LogP contribution >= 0.6 is 0 Å². The minimum Gasteiger partial charge on any atom is -0.341 e. The fourth-order valence-electron chi connectivity index (χ4n) is 5.04. The van der Waals surface area contributed by atoms with E-state index in [2.05, 4.69) is 40.5 Å². The Morgan fingerprint density at radius 2 is 1.52 bits per heavy atom. The van der Waals surface area contributed by atoms with Crippen LogP contribution in [0.25, 0.3) is 0 Å². The number of rotatable bonds is 6. The lowest BCUT2D eigenvalue weighted by Crippen LogP contribution is -2.54. The van der Waals surface area contributed by atoms with Crippen LogP contribution in [-0.2, 0) is 9.59 Å². The zero-order valence-corrected chi connectivity index (χ0v) is 18.8. The van der Waals surface area contributed by atoms with Crippen LogP contribution in [0, 0.1) is 5.92 Å². The molecule has 1 atom stereocenters. The highest BCUT2D eigenvalue weighted by atomic mass is 16.2. The van der Waals surface area contributed by atoms with Crippen LogP contribution in [0.1, 0.15) is 39.5 Å². The van der Waals surface area contributed by atoms with E-state index in [0.29, 0.717) is 18.5 Å². The second-order valence-electron chi connectivity index (χ2n) is 9.04. The van der Waals surface area contributed by atoms with Crippen molar-refractivity contribution in [2.24, 2.45) is 5.92 Å². The van der Waals surface area contributed by atoms with E-state index in [0.717, 1.165) is 91.1 Å². The molecular formula is C22H41N5O2. The number of likely N-dealkylation sites (N-methyl/N-ethyl adjacent to an activating group) is 2. The minimum atomic E-state index is 0.162. The van der Waals surface area contributed by atoms with E-state index in [4.69, 9.17) is 0 Å². The molecule has 29 heavy (non-hydrogen) atoms. The molecule has 0 bridgehead atoms. The first-order valence-corrected chi connectivity index (χ1v) is 11.7. The van der Waals surface area contributed by atoms with Gasteiger partial charge in [0, 0.05) is 51.9 Å². The Morgan fingerprint density at radius 3 is 2.14 bits per heavy atom.